The number of carbonyl (C=O) groups excluding carboxylic acids is 1. The van der Waals surface area contributed by atoms with Gasteiger partial charge in [-0.05, 0) is 31.4 Å². The van der Waals surface area contributed by atoms with E-state index in [1.165, 1.54) is 11.3 Å². The van der Waals surface area contributed by atoms with Crippen LogP contribution in [-0.2, 0) is 6.42 Å². The van der Waals surface area contributed by atoms with Crippen molar-refractivity contribution in [2.75, 3.05) is 5.32 Å². The Kier molecular flexibility index (Phi) is 5.41. The first-order chi connectivity index (χ1) is 12.5. The van der Waals surface area contributed by atoms with Crippen LogP contribution in [-0.4, -0.2) is 31.1 Å². The van der Waals surface area contributed by atoms with E-state index in [-0.39, 0.29) is 11.8 Å². The molecule has 0 unspecified atom stereocenters. The average Bonchev–Trinajstić information content (AvgIpc) is 3.23. The van der Waals surface area contributed by atoms with Gasteiger partial charge in [0.15, 0.2) is 5.69 Å². The number of nitrogens with zero attached hydrogens (tertiary/aromatic N) is 5. The number of rotatable bonds is 6. The molecule has 2 aromatic heterocycles. The van der Waals surface area contributed by atoms with E-state index < -0.39 is 0 Å². The highest BCUT2D eigenvalue weighted by molar-refractivity contribution is 7.15. The monoisotopic (exact) mass is 370 g/mol. The average molecular weight is 370 g/mol. The van der Waals surface area contributed by atoms with E-state index in [1.807, 2.05) is 45.0 Å². The Hall–Kier alpha value is -2.61. The van der Waals surface area contributed by atoms with E-state index >= 15 is 0 Å². The van der Waals surface area contributed by atoms with Gasteiger partial charge in [-0.3, -0.25) is 10.1 Å². The molecule has 0 aliphatic carbocycles. The Morgan fingerprint density at radius 3 is 2.58 bits per heavy atom. The first-order valence-electron chi connectivity index (χ1n) is 8.66. The number of amides is 1. The van der Waals surface area contributed by atoms with Crippen molar-refractivity contribution in [2.45, 2.75) is 46.5 Å². The molecule has 3 rings (SSSR count). The number of aryl methyl sites for hydroxylation is 2. The van der Waals surface area contributed by atoms with Crippen LogP contribution in [0.4, 0.5) is 5.13 Å². The Balaban J connectivity index is 1.89. The second-order valence-electron chi connectivity index (χ2n) is 6.43. The van der Waals surface area contributed by atoms with Crippen molar-refractivity contribution in [3.05, 3.63) is 46.2 Å². The summed E-state index contributed by atoms with van der Waals surface area (Å²) in [5.74, 6) is -0.233. The highest BCUT2D eigenvalue weighted by Crippen LogP contribution is 2.23. The lowest BCUT2D eigenvalue weighted by Gasteiger charge is -2.11. The lowest BCUT2D eigenvalue weighted by molar-refractivity contribution is 0.102. The topological polar surface area (TPSA) is 85.6 Å². The van der Waals surface area contributed by atoms with Gasteiger partial charge in [0.25, 0.3) is 5.91 Å². The van der Waals surface area contributed by atoms with Crippen LogP contribution < -0.4 is 5.32 Å². The van der Waals surface area contributed by atoms with Gasteiger partial charge in [0, 0.05) is 6.42 Å². The summed E-state index contributed by atoms with van der Waals surface area (Å²) < 4.78 is 1.72. The predicted octanol–water partition coefficient (Wildman–Crippen LogP) is 3.76. The Labute approximate surface area is 156 Å². The molecule has 7 nitrogen and oxygen atoms in total. The largest absolute Gasteiger partial charge is 0.295 e. The third-order valence-corrected chi connectivity index (χ3v) is 4.80. The van der Waals surface area contributed by atoms with Crippen LogP contribution in [0.2, 0.25) is 0 Å². The molecule has 1 amide bonds. The zero-order chi connectivity index (χ0) is 18.7. The number of hydrogen-bond donors (Lipinski definition) is 1. The molecule has 3 aromatic rings. The maximum atomic E-state index is 12.7. The summed E-state index contributed by atoms with van der Waals surface area (Å²) in [6.45, 7) is 8.15. The van der Waals surface area contributed by atoms with Crippen LogP contribution >= 0.6 is 11.3 Å². The molecule has 1 aromatic carbocycles. The summed E-state index contributed by atoms with van der Waals surface area (Å²) in [6.07, 6.45) is 1.85. The molecule has 0 spiro atoms. The van der Waals surface area contributed by atoms with Crippen molar-refractivity contribution >= 4 is 22.4 Å². The van der Waals surface area contributed by atoms with E-state index in [0.717, 1.165) is 34.8 Å². The molecule has 2 heterocycles. The molecular formula is C18H22N6OS. The minimum Gasteiger partial charge on any atom is -0.295 e. The molecule has 0 bridgehead atoms. The van der Waals surface area contributed by atoms with Gasteiger partial charge in [0.1, 0.15) is 5.01 Å². The molecule has 0 aliphatic heterocycles. The van der Waals surface area contributed by atoms with Gasteiger partial charge in [0.2, 0.25) is 5.13 Å². The van der Waals surface area contributed by atoms with Crippen LogP contribution in [0.25, 0.3) is 5.69 Å². The lowest BCUT2D eigenvalue weighted by atomic mass is 10.1. The molecule has 1 N–H and O–H groups in total. The Morgan fingerprint density at radius 1 is 1.19 bits per heavy atom. The summed E-state index contributed by atoms with van der Waals surface area (Å²) in [6, 6.07) is 7.97. The predicted molar refractivity (Wildman–Crippen MR) is 102 cm³/mol. The highest BCUT2D eigenvalue weighted by atomic mass is 32.1. The van der Waals surface area contributed by atoms with Crippen LogP contribution in [0.1, 0.15) is 59.9 Å². The van der Waals surface area contributed by atoms with E-state index in [4.69, 9.17) is 0 Å². The number of nitrogens with one attached hydrogen (secondary N) is 1. The van der Waals surface area contributed by atoms with E-state index in [9.17, 15) is 4.79 Å². The second kappa shape index (κ2) is 7.74. The van der Waals surface area contributed by atoms with Crippen molar-refractivity contribution in [3.63, 3.8) is 0 Å². The molecule has 0 saturated heterocycles. The van der Waals surface area contributed by atoms with Crippen molar-refractivity contribution in [1.29, 1.82) is 0 Å². The fourth-order valence-electron chi connectivity index (χ4n) is 2.62. The summed E-state index contributed by atoms with van der Waals surface area (Å²) in [7, 11) is 0. The third kappa shape index (κ3) is 3.80. The zero-order valence-electron chi connectivity index (χ0n) is 15.4. The Bertz CT molecular complexity index is 897. The van der Waals surface area contributed by atoms with Crippen molar-refractivity contribution in [3.8, 4) is 5.69 Å². The second-order valence-corrected chi connectivity index (χ2v) is 7.49. The maximum absolute atomic E-state index is 12.7. The molecule has 8 heteroatoms. The zero-order valence-corrected chi connectivity index (χ0v) is 16.2. The lowest BCUT2D eigenvalue weighted by Crippen LogP contribution is -2.16. The SMILES string of the molecule is CCCc1nnc(NC(=O)c2nnn(-c3ccc(C)cc3)c2C(C)C)s1. The third-order valence-electron chi connectivity index (χ3n) is 3.90. The van der Waals surface area contributed by atoms with Gasteiger partial charge in [-0.25, -0.2) is 4.68 Å². The van der Waals surface area contributed by atoms with Crippen molar-refractivity contribution < 1.29 is 4.79 Å². The van der Waals surface area contributed by atoms with Crippen LogP contribution in [0.15, 0.2) is 24.3 Å². The summed E-state index contributed by atoms with van der Waals surface area (Å²) in [4.78, 5) is 12.7. The van der Waals surface area contributed by atoms with Crippen molar-refractivity contribution in [2.24, 2.45) is 0 Å². The van der Waals surface area contributed by atoms with Crippen molar-refractivity contribution in [1.82, 2.24) is 25.2 Å². The molecule has 0 radical (unpaired) electrons. The fraction of sp³-hybridized carbons (Fsp3) is 0.389. The van der Waals surface area contributed by atoms with Gasteiger partial charge >= 0.3 is 0 Å². The minimum atomic E-state index is -0.314. The summed E-state index contributed by atoms with van der Waals surface area (Å²) in [5, 5.41) is 20.6. The number of carbonyl (C=O) groups is 1. The van der Waals surface area contributed by atoms with Gasteiger partial charge in [-0.2, -0.15) is 0 Å². The maximum Gasteiger partial charge on any atom is 0.279 e. The molecular weight excluding hydrogens is 348 g/mol. The standard InChI is InChI=1S/C18H22N6OS/c1-5-6-14-20-22-18(26-14)19-17(25)15-16(11(2)3)24(23-21-15)13-9-7-12(4)8-10-13/h7-11H,5-6H2,1-4H3,(H,19,22,25). The molecule has 0 saturated carbocycles. The fourth-order valence-corrected chi connectivity index (χ4v) is 3.46. The molecule has 0 aliphatic rings. The highest BCUT2D eigenvalue weighted by Gasteiger charge is 2.23. The molecule has 26 heavy (non-hydrogen) atoms. The quantitative estimate of drug-likeness (QED) is 0.714. The number of aromatic nitrogens is 5. The van der Waals surface area contributed by atoms with E-state index in [2.05, 4.69) is 32.7 Å². The van der Waals surface area contributed by atoms with Gasteiger partial charge < -0.3 is 0 Å². The number of hydrogen-bond acceptors (Lipinski definition) is 6. The van der Waals surface area contributed by atoms with Crippen LogP contribution in [0.5, 0.6) is 0 Å². The summed E-state index contributed by atoms with van der Waals surface area (Å²) >= 11 is 1.39. The van der Waals surface area contributed by atoms with Gasteiger partial charge in [0.05, 0.1) is 11.4 Å². The van der Waals surface area contributed by atoms with E-state index in [1.54, 1.807) is 4.68 Å². The van der Waals surface area contributed by atoms with Gasteiger partial charge in [-0.1, -0.05) is 55.0 Å². The Morgan fingerprint density at radius 2 is 1.92 bits per heavy atom. The first kappa shape index (κ1) is 18.2. The van der Waals surface area contributed by atoms with Crippen LogP contribution in [0.3, 0.4) is 0 Å². The normalized spacial score (nSPS) is 11.1. The smallest absolute Gasteiger partial charge is 0.279 e. The number of anilines is 1. The van der Waals surface area contributed by atoms with E-state index in [0.29, 0.717) is 10.8 Å². The molecule has 0 fully saturated rings. The first-order valence-corrected chi connectivity index (χ1v) is 9.47. The summed E-state index contributed by atoms with van der Waals surface area (Å²) in [5.41, 5.74) is 3.13. The molecule has 0 atom stereocenters. The van der Waals surface area contributed by atoms with Crippen LogP contribution in [0, 0.1) is 6.92 Å². The number of benzene rings is 1. The molecule has 136 valence electrons. The minimum absolute atomic E-state index is 0.0807. The van der Waals surface area contributed by atoms with Gasteiger partial charge in [-0.15, -0.1) is 15.3 Å².